The van der Waals surface area contributed by atoms with Crippen LogP contribution in [0.1, 0.15) is 23.5 Å². The standard InChI is InChI=1S/C17H17BrFNO/c18-15-10-12(19)6-5-11(15)9-16(20)13-7-8-21-17-4-2-1-3-14(13)17/h1-6,10,13,16H,7-9,20H2. The zero-order valence-corrected chi connectivity index (χ0v) is 13.1. The number of rotatable bonds is 3. The summed E-state index contributed by atoms with van der Waals surface area (Å²) in [4.78, 5) is 0. The van der Waals surface area contributed by atoms with Gasteiger partial charge in [0.15, 0.2) is 0 Å². The highest BCUT2D eigenvalue weighted by atomic mass is 79.9. The highest BCUT2D eigenvalue weighted by molar-refractivity contribution is 9.10. The van der Waals surface area contributed by atoms with Gasteiger partial charge in [0, 0.05) is 16.4 Å². The molecule has 0 aliphatic carbocycles. The SMILES string of the molecule is NC(Cc1ccc(F)cc1Br)C1CCOc2ccccc21. The fourth-order valence-corrected chi connectivity index (χ4v) is 3.41. The van der Waals surface area contributed by atoms with Gasteiger partial charge in [-0.3, -0.25) is 0 Å². The van der Waals surface area contributed by atoms with E-state index in [-0.39, 0.29) is 17.8 Å². The molecule has 1 aliphatic heterocycles. The summed E-state index contributed by atoms with van der Waals surface area (Å²) in [5, 5.41) is 0. The van der Waals surface area contributed by atoms with Crippen LogP contribution in [0.25, 0.3) is 0 Å². The highest BCUT2D eigenvalue weighted by Crippen LogP contribution is 2.36. The summed E-state index contributed by atoms with van der Waals surface area (Å²) >= 11 is 3.41. The van der Waals surface area contributed by atoms with Gasteiger partial charge in [0.2, 0.25) is 0 Å². The third kappa shape index (κ3) is 3.11. The van der Waals surface area contributed by atoms with E-state index < -0.39 is 0 Å². The molecule has 110 valence electrons. The van der Waals surface area contributed by atoms with E-state index >= 15 is 0 Å². The monoisotopic (exact) mass is 349 g/mol. The fourth-order valence-electron chi connectivity index (χ4n) is 2.90. The van der Waals surface area contributed by atoms with Crippen molar-refractivity contribution in [2.24, 2.45) is 5.73 Å². The number of para-hydroxylation sites is 1. The molecule has 0 spiro atoms. The molecule has 0 saturated heterocycles. The normalized spacial score (nSPS) is 18.7. The summed E-state index contributed by atoms with van der Waals surface area (Å²) in [6, 6.07) is 12.8. The Morgan fingerprint density at radius 2 is 2.10 bits per heavy atom. The van der Waals surface area contributed by atoms with Crippen LogP contribution in [0.15, 0.2) is 46.9 Å². The van der Waals surface area contributed by atoms with E-state index in [0.717, 1.165) is 22.2 Å². The van der Waals surface area contributed by atoms with Gasteiger partial charge in [0.1, 0.15) is 11.6 Å². The Morgan fingerprint density at radius 1 is 1.29 bits per heavy atom. The van der Waals surface area contributed by atoms with E-state index in [2.05, 4.69) is 22.0 Å². The number of ether oxygens (including phenoxy) is 1. The second-order valence-electron chi connectivity index (χ2n) is 5.39. The molecule has 2 nitrogen and oxygen atoms in total. The molecule has 2 unspecified atom stereocenters. The van der Waals surface area contributed by atoms with E-state index in [1.54, 1.807) is 6.07 Å². The van der Waals surface area contributed by atoms with Crippen LogP contribution in [0.5, 0.6) is 5.75 Å². The van der Waals surface area contributed by atoms with Crippen molar-refractivity contribution < 1.29 is 9.13 Å². The van der Waals surface area contributed by atoms with Crippen molar-refractivity contribution in [1.82, 2.24) is 0 Å². The van der Waals surface area contributed by atoms with Gasteiger partial charge in [0.05, 0.1) is 6.61 Å². The van der Waals surface area contributed by atoms with Crippen LogP contribution in [0.4, 0.5) is 4.39 Å². The van der Waals surface area contributed by atoms with Crippen LogP contribution in [0.2, 0.25) is 0 Å². The molecule has 0 fully saturated rings. The zero-order chi connectivity index (χ0) is 14.8. The van der Waals surface area contributed by atoms with Crippen molar-refractivity contribution in [3.63, 3.8) is 0 Å². The minimum atomic E-state index is -0.240. The zero-order valence-electron chi connectivity index (χ0n) is 11.6. The Hall–Kier alpha value is -1.39. The fraction of sp³-hybridized carbons (Fsp3) is 0.294. The predicted molar refractivity (Wildman–Crippen MR) is 85.1 cm³/mol. The molecule has 0 bridgehead atoms. The van der Waals surface area contributed by atoms with E-state index in [4.69, 9.17) is 10.5 Å². The first-order valence-corrected chi connectivity index (χ1v) is 7.85. The van der Waals surface area contributed by atoms with Crippen LogP contribution in [-0.2, 0) is 6.42 Å². The van der Waals surface area contributed by atoms with Crippen LogP contribution in [0, 0.1) is 5.82 Å². The van der Waals surface area contributed by atoms with Gasteiger partial charge in [-0.1, -0.05) is 40.2 Å². The number of hydrogen-bond donors (Lipinski definition) is 1. The van der Waals surface area contributed by atoms with Gasteiger partial charge in [-0.15, -0.1) is 0 Å². The van der Waals surface area contributed by atoms with Crippen LogP contribution in [0.3, 0.4) is 0 Å². The van der Waals surface area contributed by atoms with Crippen molar-refractivity contribution in [2.75, 3.05) is 6.61 Å². The third-order valence-corrected chi connectivity index (χ3v) is 4.73. The van der Waals surface area contributed by atoms with E-state index in [0.29, 0.717) is 13.0 Å². The van der Waals surface area contributed by atoms with Crippen LogP contribution >= 0.6 is 15.9 Å². The molecular weight excluding hydrogens is 333 g/mol. The van der Waals surface area contributed by atoms with E-state index in [1.807, 2.05) is 18.2 Å². The maximum atomic E-state index is 13.2. The summed E-state index contributed by atoms with van der Waals surface area (Å²) in [5.74, 6) is 0.963. The van der Waals surface area contributed by atoms with Crippen molar-refractivity contribution >= 4 is 15.9 Å². The Bertz CT molecular complexity index is 646. The average Bonchev–Trinajstić information content (AvgIpc) is 2.49. The summed E-state index contributed by atoms with van der Waals surface area (Å²) in [6.07, 6.45) is 1.62. The molecule has 2 N–H and O–H groups in total. The van der Waals surface area contributed by atoms with Crippen LogP contribution in [-0.4, -0.2) is 12.6 Å². The first-order chi connectivity index (χ1) is 10.1. The molecule has 1 aliphatic rings. The molecule has 2 aromatic rings. The second-order valence-corrected chi connectivity index (χ2v) is 6.24. The maximum absolute atomic E-state index is 13.2. The number of halogens is 2. The Morgan fingerprint density at radius 3 is 2.90 bits per heavy atom. The lowest BCUT2D eigenvalue weighted by Gasteiger charge is -2.30. The lowest BCUT2D eigenvalue weighted by molar-refractivity contribution is 0.254. The summed E-state index contributed by atoms with van der Waals surface area (Å²) in [5.41, 5.74) is 8.64. The number of hydrogen-bond acceptors (Lipinski definition) is 2. The molecule has 0 amide bonds. The first-order valence-electron chi connectivity index (χ1n) is 7.06. The lowest BCUT2D eigenvalue weighted by Crippen LogP contribution is -2.34. The lowest BCUT2D eigenvalue weighted by atomic mass is 9.84. The number of nitrogens with two attached hydrogens (primary N) is 1. The van der Waals surface area contributed by atoms with Crippen molar-refractivity contribution in [3.05, 3.63) is 63.9 Å². The maximum Gasteiger partial charge on any atom is 0.124 e. The van der Waals surface area contributed by atoms with Gasteiger partial charge in [-0.25, -0.2) is 4.39 Å². The van der Waals surface area contributed by atoms with Crippen molar-refractivity contribution in [1.29, 1.82) is 0 Å². The highest BCUT2D eigenvalue weighted by Gasteiger charge is 2.27. The quantitative estimate of drug-likeness (QED) is 0.907. The summed E-state index contributed by atoms with van der Waals surface area (Å²) in [6.45, 7) is 0.694. The summed E-state index contributed by atoms with van der Waals surface area (Å²) in [7, 11) is 0. The minimum Gasteiger partial charge on any atom is -0.493 e. The smallest absolute Gasteiger partial charge is 0.124 e. The molecule has 0 saturated carbocycles. The average molecular weight is 350 g/mol. The molecular formula is C17H17BrFNO. The Labute approximate surface area is 132 Å². The molecule has 2 aromatic carbocycles. The first kappa shape index (κ1) is 14.5. The molecule has 1 heterocycles. The van der Waals surface area contributed by atoms with Gasteiger partial charge in [-0.05, 0) is 42.2 Å². The van der Waals surface area contributed by atoms with Gasteiger partial charge in [-0.2, -0.15) is 0 Å². The van der Waals surface area contributed by atoms with Crippen molar-refractivity contribution in [2.45, 2.75) is 24.8 Å². The Balaban J connectivity index is 1.81. The van der Waals surface area contributed by atoms with E-state index in [1.165, 1.54) is 17.7 Å². The van der Waals surface area contributed by atoms with Crippen LogP contribution < -0.4 is 10.5 Å². The third-order valence-electron chi connectivity index (χ3n) is 3.99. The van der Waals surface area contributed by atoms with Crippen molar-refractivity contribution in [3.8, 4) is 5.75 Å². The molecule has 3 rings (SSSR count). The Kier molecular flexibility index (Phi) is 4.27. The molecule has 21 heavy (non-hydrogen) atoms. The van der Waals surface area contributed by atoms with Gasteiger partial charge >= 0.3 is 0 Å². The molecule has 2 atom stereocenters. The largest absolute Gasteiger partial charge is 0.493 e. The van der Waals surface area contributed by atoms with Gasteiger partial charge < -0.3 is 10.5 Å². The predicted octanol–water partition coefficient (Wildman–Crippen LogP) is 4.02. The number of fused-ring (bicyclic) bond motifs is 1. The second kappa shape index (κ2) is 6.16. The molecule has 0 aromatic heterocycles. The summed E-state index contributed by atoms with van der Waals surface area (Å²) < 4.78 is 19.6. The van der Waals surface area contributed by atoms with E-state index in [9.17, 15) is 4.39 Å². The topological polar surface area (TPSA) is 35.2 Å². The van der Waals surface area contributed by atoms with Gasteiger partial charge in [0.25, 0.3) is 0 Å². The minimum absolute atomic E-state index is 0.0168. The molecule has 0 radical (unpaired) electrons. The molecule has 4 heteroatoms. The number of benzene rings is 2.